The number of amides is 1. The first kappa shape index (κ1) is 10.4. The van der Waals surface area contributed by atoms with Crippen molar-refractivity contribution in [2.75, 3.05) is 5.32 Å². The predicted octanol–water partition coefficient (Wildman–Crippen LogP) is 1.01. The number of rotatable bonds is 2. The molecule has 2 N–H and O–H groups in total. The SMILES string of the molecule is Cc1[nH]nc(C(=O)Nc2cnn(C)c2)c1C. The van der Waals surface area contributed by atoms with Crippen LogP contribution in [0.5, 0.6) is 0 Å². The molecular formula is C10H13N5O. The number of H-pyrrole nitrogens is 1. The van der Waals surface area contributed by atoms with Crippen LogP contribution >= 0.6 is 0 Å². The highest BCUT2D eigenvalue weighted by Crippen LogP contribution is 2.11. The van der Waals surface area contributed by atoms with E-state index in [0.29, 0.717) is 11.4 Å². The molecule has 0 spiro atoms. The number of aryl methyl sites for hydroxylation is 2. The van der Waals surface area contributed by atoms with E-state index in [4.69, 9.17) is 0 Å². The smallest absolute Gasteiger partial charge is 0.276 e. The van der Waals surface area contributed by atoms with E-state index in [2.05, 4.69) is 20.6 Å². The van der Waals surface area contributed by atoms with E-state index in [-0.39, 0.29) is 5.91 Å². The zero-order valence-electron chi connectivity index (χ0n) is 9.40. The molecule has 0 aliphatic rings. The molecule has 0 fully saturated rings. The van der Waals surface area contributed by atoms with E-state index in [1.54, 1.807) is 24.1 Å². The van der Waals surface area contributed by atoms with Crippen molar-refractivity contribution in [3.8, 4) is 0 Å². The minimum atomic E-state index is -0.227. The molecule has 0 aliphatic carbocycles. The molecule has 0 bridgehead atoms. The Morgan fingerprint density at radius 3 is 2.75 bits per heavy atom. The van der Waals surface area contributed by atoms with Crippen LogP contribution in [0, 0.1) is 13.8 Å². The van der Waals surface area contributed by atoms with E-state index in [1.165, 1.54) is 0 Å². The van der Waals surface area contributed by atoms with Gasteiger partial charge >= 0.3 is 0 Å². The van der Waals surface area contributed by atoms with Crippen molar-refractivity contribution in [2.45, 2.75) is 13.8 Å². The monoisotopic (exact) mass is 219 g/mol. The van der Waals surface area contributed by atoms with Gasteiger partial charge in [-0.1, -0.05) is 0 Å². The highest BCUT2D eigenvalue weighted by atomic mass is 16.2. The van der Waals surface area contributed by atoms with Gasteiger partial charge in [0.2, 0.25) is 0 Å². The number of nitrogens with zero attached hydrogens (tertiary/aromatic N) is 3. The van der Waals surface area contributed by atoms with Crippen LogP contribution in [0.1, 0.15) is 21.7 Å². The predicted molar refractivity (Wildman–Crippen MR) is 59.2 cm³/mol. The second kappa shape index (κ2) is 3.80. The van der Waals surface area contributed by atoms with Gasteiger partial charge in [-0.05, 0) is 13.8 Å². The van der Waals surface area contributed by atoms with Gasteiger partial charge in [-0.25, -0.2) is 0 Å². The Balaban J connectivity index is 2.18. The highest BCUT2D eigenvalue weighted by molar-refractivity contribution is 6.03. The van der Waals surface area contributed by atoms with E-state index in [1.807, 2.05) is 13.8 Å². The number of hydrogen-bond donors (Lipinski definition) is 2. The van der Waals surface area contributed by atoms with Gasteiger partial charge in [-0.15, -0.1) is 0 Å². The molecule has 0 saturated heterocycles. The van der Waals surface area contributed by atoms with Crippen LogP contribution in [-0.2, 0) is 7.05 Å². The Morgan fingerprint density at radius 2 is 2.25 bits per heavy atom. The first-order chi connectivity index (χ1) is 7.58. The van der Waals surface area contributed by atoms with Crippen LogP contribution in [-0.4, -0.2) is 25.9 Å². The minimum absolute atomic E-state index is 0.227. The average molecular weight is 219 g/mol. The van der Waals surface area contributed by atoms with Gasteiger partial charge in [0.15, 0.2) is 5.69 Å². The second-order valence-corrected chi connectivity index (χ2v) is 3.68. The lowest BCUT2D eigenvalue weighted by Gasteiger charge is -1.99. The first-order valence-corrected chi connectivity index (χ1v) is 4.89. The Hall–Kier alpha value is -2.11. The van der Waals surface area contributed by atoms with Crippen LogP contribution < -0.4 is 5.32 Å². The lowest BCUT2D eigenvalue weighted by atomic mass is 10.2. The van der Waals surface area contributed by atoms with Crippen molar-refractivity contribution >= 4 is 11.6 Å². The molecule has 6 nitrogen and oxygen atoms in total. The molecule has 6 heteroatoms. The topological polar surface area (TPSA) is 75.6 Å². The molecule has 2 aromatic heterocycles. The molecule has 84 valence electrons. The Bertz CT molecular complexity index is 525. The van der Waals surface area contributed by atoms with Gasteiger partial charge in [0.1, 0.15) is 0 Å². The average Bonchev–Trinajstić information content (AvgIpc) is 2.76. The number of anilines is 1. The zero-order valence-corrected chi connectivity index (χ0v) is 9.40. The third-order valence-electron chi connectivity index (χ3n) is 2.43. The molecule has 0 unspecified atom stereocenters. The first-order valence-electron chi connectivity index (χ1n) is 4.89. The molecule has 2 rings (SSSR count). The third kappa shape index (κ3) is 1.81. The van der Waals surface area contributed by atoms with E-state index >= 15 is 0 Å². The van der Waals surface area contributed by atoms with Crippen molar-refractivity contribution in [3.05, 3.63) is 29.3 Å². The lowest BCUT2D eigenvalue weighted by Crippen LogP contribution is -2.13. The number of nitrogens with one attached hydrogen (secondary N) is 2. The molecule has 2 aromatic rings. The minimum Gasteiger partial charge on any atom is -0.318 e. The summed E-state index contributed by atoms with van der Waals surface area (Å²) < 4.78 is 1.62. The normalized spacial score (nSPS) is 10.4. The van der Waals surface area contributed by atoms with Crippen LogP contribution in [0.3, 0.4) is 0 Å². The van der Waals surface area contributed by atoms with Gasteiger partial charge < -0.3 is 5.32 Å². The quantitative estimate of drug-likeness (QED) is 0.791. The summed E-state index contributed by atoms with van der Waals surface area (Å²) in [6.45, 7) is 3.74. The standard InChI is InChI=1S/C10H13N5O/c1-6-7(2)13-14-9(6)10(16)12-8-4-11-15(3)5-8/h4-5H,1-3H3,(H,12,16)(H,13,14). The number of hydrogen-bond acceptors (Lipinski definition) is 3. The molecule has 1 amide bonds. The fraction of sp³-hybridized carbons (Fsp3) is 0.300. The molecule has 0 radical (unpaired) electrons. The molecular weight excluding hydrogens is 206 g/mol. The maximum Gasteiger partial charge on any atom is 0.276 e. The molecule has 16 heavy (non-hydrogen) atoms. The van der Waals surface area contributed by atoms with E-state index < -0.39 is 0 Å². The lowest BCUT2D eigenvalue weighted by molar-refractivity contribution is 0.102. The summed E-state index contributed by atoms with van der Waals surface area (Å²) in [6.07, 6.45) is 3.32. The zero-order chi connectivity index (χ0) is 11.7. The number of aromatic nitrogens is 4. The van der Waals surface area contributed by atoms with Crippen molar-refractivity contribution in [3.63, 3.8) is 0 Å². The second-order valence-electron chi connectivity index (χ2n) is 3.68. The van der Waals surface area contributed by atoms with Crippen LogP contribution in [0.25, 0.3) is 0 Å². The van der Waals surface area contributed by atoms with Gasteiger partial charge in [0.25, 0.3) is 5.91 Å². The molecule has 0 aliphatic heterocycles. The molecule has 0 aromatic carbocycles. The summed E-state index contributed by atoms with van der Waals surface area (Å²) in [5.74, 6) is -0.227. The van der Waals surface area contributed by atoms with Gasteiger partial charge in [-0.2, -0.15) is 10.2 Å². The Kier molecular flexibility index (Phi) is 2.47. The molecule has 2 heterocycles. The maximum atomic E-state index is 11.8. The van der Waals surface area contributed by atoms with Crippen LogP contribution in [0.15, 0.2) is 12.4 Å². The Labute approximate surface area is 92.7 Å². The summed E-state index contributed by atoms with van der Waals surface area (Å²) in [5.41, 5.74) is 2.84. The van der Waals surface area contributed by atoms with Gasteiger partial charge in [-0.3, -0.25) is 14.6 Å². The maximum absolute atomic E-state index is 11.8. The fourth-order valence-electron chi connectivity index (χ4n) is 1.38. The number of carbonyl (C=O) groups is 1. The summed E-state index contributed by atoms with van der Waals surface area (Å²) in [7, 11) is 1.79. The van der Waals surface area contributed by atoms with Gasteiger partial charge in [0, 0.05) is 24.5 Å². The largest absolute Gasteiger partial charge is 0.318 e. The van der Waals surface area contributed by atoms with Gasteiger partial charge in [0.05, 0.1) is 11.9 Å². The number of carbonyl (C=O) groups excluding carboxylic acids is 1. The van der Waals surface area contributed by atoms with E-state index in [0.717, 1.165) is 11.3 Å². The van der Waals surface area contributed by atoms with E-state index in [9.17, 15) is 4.79 Å². The van der Waals surface area contributed by atoms with Crippen molar-refractivity contribution in [2.24, 2.45) is 7.05 Å². The summed E-state index contributed by atoms with van der Waals surface area (Å²) in [6, 6.07) is 0. The third-order valence-corrected chi connectivity index (χ3v) is 2.43. The molecule has 0 saturated carbocycles. The molecule has 0 atom stereocenters. The summed E-state index contributed by atoms with van der Waals surface area (Å²) >= 11 is 0. The van der Waals surface area contributed by atoms with Crippen molar-refractivity contribution in [1.82, 2.24) is 20.0 Å². The van der Waals surface area contributed by atoms with Crippen molar-refractivity contribution < 1.29 is 4.79 Å². The van der Waals surface area contributed by atoms with Crippen molar-refractivity contribution in [1.29, 1.82) is 0 Å². The number of aromatic amines is 1. The Morgan fingerprint density at radius 1 is 1.50 bits per heavy atom. The highest BCUT2D eigenvalue weighted by Gasteiger charge is 2.14. The summed E-state index contributed by atoms with van der Waals surface area (Å²) in [4.78, 5) is 11.8. The summed E-state index contributed by atoms with van der Waals surface area (Å²) in [5, 5.41) is 13.4. The van der Waals surface area contributed by atoms with Crippen LogP contribution in [0.4, 0.5) is 5.69 Å². The fourth-order valence-corrected chi connectivity index (χ4v) is 1.38. The van der Waals surface area contributed by atoms with Crippen LogP contribution in [0.2, 0.25) is 0 Å².